The molecule has 0 radical (unpaired) electrons. The summed E-state index contributed by atoms with van der Waals surface area (Å²) >= 11 is 0. The van der Waals surface area contributed by atoms with Crippen molar-refractivity contribution in [2.45, 2.75) is 6.92 Å². The number of rotatable bonds is 5. The molecular weight excluding hydrogens is 360 g/mol. The molecule has 3 N–H and O–H groups in total. The van der Waals surface area contributed by atoms with Crippen LogP contribution in [0.15, 0.2) is 59.4 Å². The lowest BCUT2D eigenvalue weighted by atomic mass is 10.1. The third kappa shape index (κ3) is 4.24. The molecule has 0 saturated carbocycles. The second-order valence-electron chi connectivity index (χ2n) is 5.69. The minimum absolute atomic E-state index is 0.00108. The van der Waals surface area contributed by atoms with E-state index in [-0.39, 0.29) is 5.69 Å². The normalized spacial score (nSPS) is 10.8. The summed E-state index contributed by atoms with van der Waals surface area (Å²) in [6, 6.07) is 13.9. The first-order valence-corrected chi connectivity index (χ1v) is 8.57. The number of ether oxygens (including phenoxy) is 1. The molecule has 0 spiro atoms. The second kappa shape index (κ2) is 8.63. The Morgan fingerprint density at radius 2 is 1.79 bits per heavy atom. The maximum atomic E-state index is 12.3. The highest BCUT2D eigenvalue weighted by atomic mass is 16.5. The van der Waals surface area contributed by atoms with E-state index in [1.807, 2.05) is 25.1 Å². The number of H-pyrrole nitrogens is 1. The number of aromatic amines is 1. The molecule has 0 bridgehead atoms. The molecule has 3 aromatic rings. The van der Waals surface area contributed by atoms with Gasteiger partial charge in [-0.1, -0.05) is 36.4 Å². The number of nitrogens with one attached hydrogen (secondary N) is 3. The van der Waals surface area contributed by atoms with Crippen molar-refractivity contribution in [1.29, 1.82) is 0 Å². The van der Waals surface area contributed by atoms with Gasteiger partial charge in [0.2, 0.25) is 0 Å². The molecule has 1 aromatic heterocycles. The molecule has 0 saturated heterocycles. The van der Waals surface area contributed by atoms with Crippen LogP contribution in [-0.4, -0.2) is 28.6 Å². The molecule has 8 nitrogen and oxygen atoms in total. The topological polar surface area (TPSA) is 113 Å². The summed E-state index contributed by atoms with van der Waals surface area (Å²) in [4.78, 5) is 36.1. The first kappa shape index (κ1) is 18.8. The number of aromatic nitrogens is 2. The van der Waals surface area contributed by atoms with Crippen molar-refractivity contribution in [1.82, 2.24) is 21.0 Å². The number of hydrogen-bond donors (Lipinski definition) is 3. The van der Waals surface area contributed by atoms with Gasteiger partial charge in [0.05, 0.1) is 12.0 Å². The SMILES string of the molecule is CCOc1ccccc1/C=C/C(=O)NNC(=O)c1n[nH]c(=O)c2ccccc12. The van der Waals surface area contributed by atoms with E-state index in [9.17, 15) is 14.4 Å². The summed E-state index contributed by atoms with van der Waals surface area (Å²) in [5.74, 6) is -0.528. The average Bonchev–Trinajstić information content (AvgIpc) is 2.72. The van der Waals surface area contributed by atoms with Gasteiger partial charge in [0.1, 0.15) is 5.75 Å². The number of amides is 2. The van der Waals surface area contributed by atoms with Crippen molar-refractivity contribution in [2.24, 2.45) is 0 Å². The quantitative estimate of drug-likeness (QED) is 0.463. The van der Waals surface area contributed by atoms with Gasteiger partial charge in [0.25, 0.3) is 17.4 Å². The average molecular weight is 378 g/mol. The fourth-order valence-electron chi connectivity index (χ4n) is 2.58. The van der Waals surface area contributed by atoms with E-state index in [0.29, 0.717) is 23.1 Å². The number of hydrazine groups is 1. The van der Waals surface area contributed by atoms with Crippen LogP contribution in [0.25, 0.3) is 16.8 Å². The van der Waals surface area contributed by atoms with Crippen LogP contribution in [0.3, 0.4) is 0 Å². The Morgan fingerprint density at radius 1 is 1.07 bits per heavy atom. The summed E-state index contributed by atoms with van der Waals surface area (Å²) in [7, 11) is 0. The van der Waals surface area contributed by atoms with E-state index < -0.39 is 17.4 Å². The van der Waals surface area contributed by atoms with Crippen molar-refractivity contribution < 1.29 is 14.3 Å². The summed E-state index contributed by atoms with van der Waals surface area (Å²) in [6.07, 6.45) is 2.86. The van der Waals surface area contributed by atoms with E-state index in [4.69, 9.17) is 4.74 Å². The van der Waals surface area contributed by atoms with Crippen molar-refractivity contribution in [3.63, 3.8) is 0 Å². The number of benzene rings is 2. The van der Waals surface area contributed by atoms with Gasteiger partial charge in [-0.25, -0.2) is 5.10 Å². The number of fused-ring (bicyclic) bond motifs is 1. The Balaban J connectivity index is 1.68. The molecule has 142 valence electrons. The lowest BCUT2D eigenvalue weighted by Gasteiger charge is -2.07. The predicted octanol–water partition coefficient (Wildman–Crippen LogP) is 1.80. The van der Waals surface area contributed by atoms with E-state index >= 15 is 0 Å². The molecule has 0 atom stereocenters. The van der Waals surface area contributed by atoms with Gasteiger partial charge >= 0.3 is 0 Å². The molecule has 28 heavy (non-hydrogen) atoms. The summed E-state index contributed by atoms with van der Waals surface area (Å²) in [5.41, 5.74) is 4.90. The largest absolute Gasteiger partial charge is 0.493 e. The minimum atomic E-state index is -0.649. The summed E-state index contributed by atoms with van der Waals surface area (Å²) in [6.45, 7) is 2.38. The number of hydrogen-bond acceptors (Lipinski definition) is 5. The van der Waals surface area contributed by atoms with Crippen LogP contribution in [0.1, 0.15) is 23.0 Å². The van der Waals surface area contributed by atoms with Crippen LogP contribution in [0.4, 0.5) is 0 Å². The fraction of sp³-hybridized carbons (Fsp3) is 0.100. The smallest absolute Gasteiger partial charge is 0.290 e. The molecule has 1 heterocycles. The molecule has 3 rings (SSSR count). The Bertz CT molecular complexity index is 1100. The zero-order valence-electron chi connectivity index (χ0n) is 15.1. The summed E-state index contributed by atoms with van der Waals surface area (Å²) in [5, 5.41) is 6.77. The first-order chi connectivity index (χ1) is 13.6. The van der Waals surface area contributed by atoms with Crippen molar-refractivity contribution in [3.05, 3.63) is 76.2 Å². The van der Waals surface area contributed by atoms with Gasteiger partial charge < -0.3 is 4.74 Å². The predicted molar refractivity (Wildman–Crippen MR) is 105 cm³/mol. The molecule has 8 heteroatoms. The maximum absolute atomic E-state index is 12.3. The molecule has 0 aliphatic carbocycles. The van der Waals surface area contributed by atoms with E-state index in [2.05, 4.69) is 21.0 Å². The molecule has 0 aliphatic rings. The Kier molecular flexibility index (Phi) is 5.81. The van der Waals surface area contributed by atoms with Crippen molar-refractivity contribution >= 4 is 28.7 Å². The second-order valence-corrected chi connectivity index (χ2v) is 5.69. The van der Waals surface area contributed by atoms with E-state index in [0.717, 1.165) is 5.56 Å². The van der Waals surface area contributed by atoms with Crippen LogP contribution in [-0.2, 0) is 4.79 Å². The Labute approximate surface area is 160 Å². The highest BCUT2D eigenvalue weighted by Gasteiger charge is 2.14. The van der Waals surface area contributed by atoms with Gasteiger partial charge in [-0.2, -0.15) is 5.10 Å². The van der Waals surface area contributed by atoms with E-state index in [1.165, 1.54) is 6.08 Å². The van der Waals surface area contributed by atoms with Crippen LogP contribution >= 0.6 is 0 Å². The maximum Gasteiger partial charge on any atom is 0.290 e. The standard InChI is InChI=1S/C20H18N4O4/c1-2-28-16-10-6-3-7-13(16)11-12-17(25)21-24-20(27)18-14-8-4-5-9-15(14)19(26)23-22-18/h3-12H,2H2,1H3,(H,21,25)(H,23,26)(H,24,27)/b12-11+. The molecule has 0 fully saturated rings. The monoisotopic (exact) mass is 378 g/mol. The number of para-hydroxylation sites is 1. The molecule has 0 unspecified atom stereocenters. The van der Waals surface area contributed by atoms with Gasteiger partial charge in [0.15, 0.2) is 5.69 Å². The lowest BCUT2D eigenvalue weighted by Crippen LogP contribution is -2.41. The molecule has 2 amide bonds. The first-order valence-electron chi connectivity index (χ1n) is 8.57. The number of carbonyl (C=O) groups is 2. The highest BCUT2D eigenvalue weighted by molar-refractivity contribution is 6.05. The highest BCUT2D eigenvalue weighted by Crippen LogP contribution is 2.19. The Morgan fingerprint density at radius 3 is 2.57 bits per heavy atom. The summed E-state index contributed by atoms with van der Waals surface area (Å²) < 4.78 is 5.49. The van der Waals surface area contributed by atoms with Gasteiger partial charge in [0, 0.05) is 17.0 Å². The fourth-order valence-corrected chi connectivity index (χ4v) is 2.58. The molecule has 2 aromatic carbocycles. The van der Waals surface area contributed by atoms with Crippen molar-refractivity contribution in [2.75, 3.05) is 6.61 Å². The van der Waals surface area contributed by atoms with Crippen LogP contribution < -0.4 is 21.1 Å². The number of nitrogens with zero attached hydrogens (tertiary/aromatic N) is 1. The Hall–Kier alpha value is -3.94. The van der Waals surface area contributed by atoms with Crippen LogP contribution in [0.5, 0.6) is 5.75 Å². The molecule has 0 aliphatic heterocycles. The zero-order valence-corrected chi connectivity index (χ0v) is 15.1. The van der Waals surface area contributed by atoms with E-state index in [1.54, 1.807) is 36.4 Å². The third-order valence-corrected chi connectivity index (χ3v) is 3.84. The van der Waals surface area contributed by atoms with Crippen molar-refractivity contribution in [3.8, 4) is 5.75 Å². The third-order valence-electron chi connectivity index (χ3n) is 3.84. The lowest BCUT2D eigenvalue weighted by molar-refractivity contribution is -0.117. The zero-order chi connectivity index (χ0) is 19.9. The van der Waals surface area contributed by atoms with Crippen LogP contribution in [0, 0.1) is 0 Å². The van der Waals surface area contributed by atoms with Crippen LogP contribution in [0.2, 0.25) is 0 Å². The van der Waals surface area contributed by atoms with Gasteiger partial charge in [-0.05, 0) is 25.1 Å². The number of carbonyl (C=O) groups excluding carboxylic acids is 2. The molecular formula is C20H18N4O4. The minimum Gasteiger partial charge on any atom is -0.493 e. The van der Waals surface area contributed by atoms with Gasteiger partial charge in [-0.3, -0.25) is 25.2 Å². The van der Waals surface area contributed by atoms with Gasteiger partial charge in [-0.15, -0.1) is 0 Å².